The molecular formula is C16H21N3O2. The monoisotopic (exact) mass is 287 g/mol. The minimum atomic E-state index is -0.0252. The Balaban J connectivity index is 1.75. The van der Waals surface area contributed by atoms with E-state index in [4.69, 9.17) is 4.42 Å². The summed E-state index contributed by atoms with van der Waals surface area (Å²) in [6.45, 7) is 2.23. The van der Waals surface area contributed by atoms with Gasteiger partial charge in [0, 0.05) is 19.2 Å². The van der Waals surface area contributed by atoms with Crippen LogP contribution in [-0.2, 0) is 0 Å². The smallest absolute Gasteiger partial charge is 0.274 e. The fourth-order valence-corrected chi connectivity index (χ4v) is 3.19. The largest absolute Gasteiger partial charge is 0.463 e. The number of carbonyl (C=O) groups excluding carboxylic acids is 1. The van der Waals surface area contributed by atoms with Gasteiger partial charge in [-0.2, -0.15) is 5.10 Å². The molecule has 5 nitrogen and oxygen atoms in total. The predicted molar refractivity (Wildman–Crippen MR) is 79.8 cm³/mol. The molecule has 112 valence electrons. The predicted octanol–water partition coefficient (Wildman–Crippen LogP) is 3.32. The lowest BCUT2D eigenvalue weighted by Gasteiger charge is -2.35. The summed E-state index contributed by atoms with van der Waals surface area (Å²) in [5, 5.41) is 7.00. The molecule has 1 fully saturated rings. The average molecular weight is 287 g/mol. The van der Waals surface area contributed by atoms with Gasteiger partial charge in [-0.3, -0.25) is 9.89 Å². The van der Waals surface area contributed by atoms with Crippen molar-refractivity contribution in [2.24, 2.45) is 5.92 Å². The summed E-state index contributed by atoms with van der Waals surface area (Å²) in [4.78, 5) is 14.4. The molecule has 3 rings (SSSR count). The maximum absolute atomic E-state index is 12.6. The molecule has 2 heterocycles. The van der Waals surface area contributed by atoms with Crippen LogP contribution in [0, 0.1) is 5.92 Å². The van der Waals surface area contributed by atoms with Crippen molar-refractivity contribution >= 4 is 5.91 Å². The average Bonchev–Trinajstić information content (AvgIpc) is 3.17. The Morgan fingerprint density at radius 3 is 2.95 bits per heavy atom. The van der Waals surface area contributed by atoms with E-state index in [1.165, 1.54) is 19.3 Å². The van der Waals surface area contributed by atoms with E-state index in [9.17, 15) is 4.79 Å². The Morgan fingerprint density at radius 1 is 1.43 bits per heavy atom. The number of carbonyl (C=O) groups is 1. The number of aromatic nitrogens is 2. The highest BCUT2D eigenvalue weighted by Gasteiger charge is 2.29. The van der Waals surface area contributed by atoms with E-state index in [0.717, 1.165) is 12.1 Å². The maximum Gasteiger partial charge on any atom is 0.274 e. The fraction of sp³-hybridized carbons (Fsp3) is 0.500. The summed E-state index contributed by atoms with van der Waals surface area (Å²) in [5.41, 5.74) is 1.18. The summed E-state index contributed by atoms with van der Waals surface area (Å²) < 4.78 is 5.31. The SMILES string of the molecule is C[C@@H]1CCCC[C@H]1N(C)C(=O)c1cc(-c2ccco2)[nH]n1. The Hall–Kier alpha value is -2.04. The minimum Gasteiger partial charge on any atom is -0.463 e. The van der Waals surface area contributed by atoms with Crippen LogP contribution in [0.1, 0.15) is 43.1 Å². The van der Waals surface area contributed by atoms with Gasteiger partial charge in [0.05, 0.1) is 6.26 Å². The molecule has 0 bridgehead atoms. The first-order chi connectivity index (χ1) is 10.2. The number of H-pyrrole nitrogens is 1. The molecule has 2 aromatic heterocycles. The normalized spacial score (nSPS) is 22.2. The van der Waals surface area contributed by atoms with E-state index in [2.05, 4.69) is 17.1 Å². The van der Waals surface area contributed by atoms with E-state index >= 15 is 0 Å². The molecule has 1 N–H and O–H groups in total. The van der Waals surface area contributed by atoms with Crippen molar-refractivity contribution in [3.8, 4) is 11.5 Å². The summed E-state index contributed by atoms with van der Waals surface area (Å²) in [5.74, 6) is 1.22. The van der Waals surface area contributed by atoms with E-state index in [-0.39, 0.29) is 5.91 Å². The molecule has 5 heteroatoms. The molecule has 0 unspecified atom stereocenters. The van der Waals surface area contributed by atoms with Gasteiger partial charge in [-0.15, -0.1) is 0 Å². The van der Waals surface area contributed by atoms with Crippen LogP contribution >= 0.6 is 0 Å². The van der Waals surface area contributed by atoms with Gasteiger partial charge in [0.15, 0.2) is 11.5 Å². The van der Waals surface area contributed by atoms with Gasteiger partial charge < -0.3 is 9.32 Å². The number of hydrogen-bond donors (Lipinski definition) is 1. The molecule has 0 radical (unpaired) electrons. The van der Waals surface area contributed by atoms with Crippen molar-refractivity contribution in [3.05, 3.63) is 30.2 Å². The molecule has 2 atom stereocenters. The number of nitrogens with one attached hydrogen (secondary N) is 1. The van der Waals surface area contributed by atoms with Crippen LogP contribution in [0.3, 0.4) is 0 Å². The second-order valence-electron chi connectivity index (χ2n) is 5.89. The van der Waals surface area contributed by atoms with Crippen LogP contribution < -0.4 is 0 Å². The highest BCUT2D eigenvalue weighted by atomic mass is 16.3. The van der Waals surface area contributed by atoms with Crippen LogP contribution in [-0.4, -0.2) is 34.1 Å². The second kappa shape index (κ2) is 5.76. The van der Waals surface area contributed by atoms with Crippen molar-refractivity contribution in [2.45, 2.75) is 38.6 Å². The Morgan fingerprint density at radius 2 is 2.24 bits per heavy atom. The number of nitrogens with zero attached hydrogens (tertiary/aromatic N) is 2. The number of rotatable bonds is 3. The van der Waals surface area contributed by atoms with Crippen molar-refractivity contribution in [1.29, 1.82) is 0 Å². The van der Waals surface area contributed by atoms with Crippen LogP contribution in [0.5, 0.6) is 0 Å². The zero-order chi connectivity index (χ0) is 14.8. The highest BCUT2D eigenvalue weighted by molar-refractivity contribution is 5.93. The Bertz CT molecular complexity index is 603. The summed E-state index contributed by atoms with van der Waals surface area (Å²) >= 11 is 0. The first-order valence-electron chi connectivity index (χ1n) is 7.53. The zero-order valence-corrected chi connectivity index (χ0v) is 12.5. The molecule has 1 amide bonds. The van der Waals surface area contributed by atoms with Gasteiger partial charge in [0.25, 0.3) is 5.91 Å². The Labute approximate surface area is 124 Å². The topological polar surface area (TPSA) is 62.1 Å². The van der Waals surface area contributed by atoms with Gasteiger partial charge in [-0.1, -0.05) is 19.8 Å². The van der Waals surface area contributed by atoms with Gasteiger partial charge in [-0.05, 0) is 30.9 Å². The third-order valence-electron chi connectivity index (χ3n) is 4.47. The summed E-state index contributed by atoms with van der Waals surface area (Å²) in [6, 6.07) is 5.72. The first kappa shape index (κ1) is 13.9. The number of furan rings is 1. The molecule has 0 spiro atoms. The number of amides is 1. The van der Waals surface area contributed by atoms with E-state index < -0.39 is 0 Å². The number of aromatic amines is 1. The quantitative estimate of drug-likeness (QED) is 0.942. The maximum atomic E-state index is 12.6. The summed E-state index contributed by atoms with van der Waals surface area (Å²) in [6.07, 6.45) is 6.35. The molecule has 0 aliphatic heterocycles. The molecule has 2 aromatic rings. The lowest BCUT2D eigenvalue weighted by Crippen LogP contribution is -2.42. The van der Waals surface area contributed by atoms with Crippen LogP contribution in [0.15, 0.2) is 28.9 Å². The molecular weight excluding hydrogens is 266 g/mol. The molecule has 1 aliphatic rings. The van der Waals surface area contributed by atoms with Crippen molar-refractivity contribution in [2.75, 3.05) is 7.05 Å². The summed E-state index contributed by atoms with van der Waals surface area (Å²) in [7, 11) is 1.88. The van der Waals surface area contributed by atoms with E-state index in [1.807, 2.05) is 24.1 Å². The second-order valence-corrected chi connectivity index (χ2v) is 5.89. The lowest BCUT2D eigenvalue weighted by atomic mass is 9.85. The van der Waals surface area contributed by atoms with Gasteiger partial charge in [0.2, 0.25) is 0 Å². The molecule has 1 saturated carbocycles. The molecule has 0 saturated heterocycles. The van der Waals surface area contributed by atoms with Crippen LogP contribution in [0.2, 0.25) is 0 Å². The van der Waals surface area contributed by atoms with Crippen LogP contribution in [0.4, 0.5) is 0 Å². The lowest BCUT2D eigenvalue weighted by molar-refractivity contribution is 0.0623. The minimum absolute atomic E-state index is 0.0252. The standard InChI is InChI=1S/C16H21N3O2/c1-11-6-3-4-7-14(11)19(2)16(20)13-10-12(17-18-13)15-8-5-9-21-15/h5,8-11,14H,3-4,6-7H2,1-2H3,(H,17,18)/t11-,14-/m1/s1. The molecule has 1 aliphatic carbocycles. The third-order valence-corrected chi connectivity index (χ3v) is 4.47. The van der Waals surface area contributed by atoms with Crippen LogP contribution in [0.25, 0.3) is 11.5 Å². The third kappa shape index (κ3) is 2.73. The van der Waals surface area contributed by atoms with Gasteiger partial charge >= 0.3 is 0 Å². The molecule has 0 aromatic carbocycles. The number of hydrogen-bond acceptors (Lipinski definition) is 3. The zero-order valence-electron chi connectivity index (χ0n) is 12.5. The first-order valence-corrected chi connectivity index (χ1v) is 7.53. The van der Waals surface area contributed by atoms with E-state index in [0.29, 0.717) is 23.4 Å². The Kier molecular flexibility index (Phi) is 3.82. The van der Waals surface area contributed by atoms with Crippen molar-refractivity contribution in [3.63, 3.8) is 0 Å². The van der Waals surface area contributed by atoms with Crippen molar-refractivity contribution in [1.82, 2.24) is 15.1 Å². The highest BCUT2D eigenvalue weighted by Crippen LogP contribution is 2.28. The van der Waals surface area contributed by atoms with Crippen molar-refractivity contribution < 1.29 is 9.21 Å². The molecule has 21 heavy (non-hydrogen) atoms. The van der Waals surface area contributed by atoms with E-state index in [1.54, 1.807) is 12.3 Å². The van der Waals surface area contributed by atoms with Gasteiger partial charge in [-0.25, -0.2) is 0 Å². The fourth-order valence-electron chi connectivity index (χ4n) is 3.19. The van der Waals surface area contributed by atoms with Gasteiger partial charge in [0.1, 0.15) is 5.69 Å².